The van der Waals surface area contributed by atoms with Gasteiger partial charge in [-0.2, -0.15) is 0 Å². The predicted octanol–water partition coefficient (Wildman–Crippen LogP) is 1.30. The maximum Gasteiger partial charge on any atom is 0.127 e. The summed E-state index contributed by atoms with van der Waals surface area (Å²) in [5.74, 6) is 0. The van der Waals surface area contributed by atoms with Crippen LogP contribution in [0.2, 0.25) is 0 Å². The molecule has 0 saturated heterocycles. The Labute approximate surface area is 87.1 Å². The number of nitrogens with zero attached hydrogens (tertiary/aromatic N) is 1. The summed E-state index contributed by atoms with van der Waals surface area (Å²) in [6.45, 7) is 7.38. The van der Waals surface area contributed by atoms with Crippen molar-refractivity contribution in [3.63, 3.8) is 0 Å². The molecule has 2 unspecified atom stereocenters. The number of carbonyl (C=O) groups excluding carboxylic acids is 1. The third-order valence-corrected chi connectivity index (χ3v) is 2.65. The first-order valence-corrected chi connectivity index (χ1v) is 5.26. The van der Waals surface area contributed by atoms with Crippen molar-refractivity contribution in [3.05, 3.63) is 0 Å². The van der Waals surface area contributed by atoms with E-state index in [9.17, 15) is 4.79 Å². The molecule has 0 aliphatic carbocycles. The second-order valence-electron chi connectivity index (χ2n) is 4.50. The second-order valence-corrected chi connectivity index (χ2v) is 4.50. The van der Waals surface area contributed by atoms with Crippen LogP contribution in [0.4, 0.5) is 0 Å². The molecule has 0 saturated carbocycles. The minimum absolute atomic E-state index is 0.243. The monoisotopic (exact) mass is 201 g/mol. The Bertz CT molecular complexity index is 171. The summed E-state index contributed by atoms with van der Waals surface area (Å²) in [6, 6.07) is 0. The number of aliphatic hydroxyl groups is 1. The molecule has 0 rings (SSSR count). The molecule has 0 spiro atoms. The molecule has 84 valence electrons. The first kappa shape index (κ1) is 13.6. The van der Waals surface area contributed by atoms with E-state index in [2.05, 4.69) is 4.90 Å². The lowest BCUT2D eigenvalue weighted by Crippen LogP contribution is -2.35. The fraction of sp³-hybridized carbons (Fsp3) is 0.909. The summed E-state index contributed by atoms with van der Waals surface area (Å²) >= 11 is 0. The topological polar surface area (TPSA) is 40.5 Å². The Hall–Kier alpha value is -0.410. The molecule has 1 N–H and O–H groups in total. The fourth-order valence-corrected chi connectivity index (χ4v) is 1.34. The van der Waals surface area contributed by atoms with E-state index in [1.807, 2.05) is 20.9 Å². The zero-order chi connectivity index (χ0) is 11.2. The van der Waals surface area contributed by atoms with Crippen molar-refractivity contribution in [3.8, 4) is 0 Å². The number of hydrogen-bond acceptors (Lipinski definition) is 3. The summed E-state index contributed by atoms with van der Waals surface area (Å²) < 4.78 is 0. The highest BCUT2D eigenvalue weighted by molar-refractivity contribution is 5.58. The lowest BCUT2D eigenvalue weighted by Gasteiger charge is -2.28. The van der Waals surface area contributed by atoms with E-state index in [1.54, 1.807) is 6.92 Å². The van der Waals surface area contributed by atoms with Crippen molar-refractivity contribution >= 4 is 6.29 Å². The molecule has 0 heterocycles. The van der Waals surface area contributed by atoms with Gasteiger partial charge >= 0.3 is 0 Å². The molecule has 2 atom stereocenters. The van der Waals surface area contributed by atoms with Crippen LogP contribution in [-0.4, -0.2) is 42.5 Å². The smallest absolute Gasteiger partial charge is 0.127 e. The zero-order valence-electron chi connectivity index (χ0n) is 9.79. The minimum Gasteiger partial charge on any atom is -0.393 e. The minimum atomic E-state index is -0.262. The van der Waals surface area contributed by atoms with Gasteiger partial charge in [0.05, 0.1) is 6.10 Å². The third kappa shape index (κ3) is 5.35. The molecular weight excluding hydrogens is 178 g/mol. The van der Waals surface area contributed by atoms with Crippen LogP contribution in [0, 0.1) is 5.41 Å². The molecular formula is C11H23NO2. The lowest BCUT2D eigenvalue weighted by molar-refractivity contribution is -0.116. The summed E-state index contributed by atoms with van der Waals surface area (Å²) in [6.07, 6.45) is 2.39. The predicted molar refractivity (Wildman–Crippen MR) is 58.3 cm³/mol. The van der Waals surface area contributed by atoms with Gasteiger partial charge < -0.3 is 14.8 Å². The van der Waals surface area contributed by atoms with Crippen LogP contribution in [0.25, 0.3) is 0 Å². The fourth-order valence-electron chi connectivity index (χ4n) is 1.34. The van der Waals surface area contributed by atoms with E-state index in [1.165, 1.54) is 0 Å². The number of aldehydes is 1. The number of rotatable bonds is 7. The Balaban J connectivity index is 3.91. The van der Waals surface area contributed by atoms with Gasteiger partial charge in [0, 0.05) is 18.5 Å². The van der Waals surface area contributed by atoms with E-state index in [0.717, 1.165) is 32.2 Å². The maximum atomic E-state index is 10.9. The molecule has 3 heteroatoms. The van der Waals surface area contributed by atoms with Gasteiger partial charge in [-0.1, -0.05) is 13.8 Å². The molecule has 3 nitrogen and oxygen atoms in total. The van der Waals surface area contributed by atoms with Gasteiger partial charge in [-0.05, 0) is 26.8 Å². The molecule has 0 aromatic rings. The summed E-state index contributed by atoms with van der Waals surface area (Å²) in [5, 5.41) is 9.12. The van der Waals surface area contributed by atoms with Crippen LogP contribution in [0.15, 0.2) is 0 Å². The van der Waals surface area contributed by atoms with E-state index < -0.39 is 0 Å². The van der Waals surface area contributed by atoms with Gasteiger partial charge in [0.1, 0.15) is 6.29 Å². The van der Waals surface area contributed by atoms with Crippen LogP contribution in [0.1, 0.15) is 33.6 Å². The summed E-state index contributed by atoms with van der Waals surface area (Å²) in [4.78, 5) is 13.0. The quantitative estimate of drug-likeness (QED) is 0.631. The van der Waals surface area contributed by atoms with Gasteiger partial charge in [0.2, 0.25) is 0 Å². The van der Waals surface area contributed by atoms with Crippen molar-refractivity contribution in [2.24, 2.45) is 5.41 Å². The highest BCUT2D eigenvalue weighted by Gasteiger charge is 2.22. The van der Waals surface area contributed by atoms with Gasteiger partial charge in [0.15, 0.2) is 0 Å². The van der Waals surface area contributed by atoms with Gasteiger partial charge in [-0.25, -0.2) is 0 Å². The maximum absolute atomic E-state index is 10.9. The Kier molecular flexibility index (Phi) is 5.96. The van der Waals surface area contributed by atoms with Crippen LogP contribution in [0.5, 0.6) is 0 Å². The highest BCUT2D eigenvalue weighted by atomic mass is 16.3. The molecule has 0 bridgehead atoms. The molecule has 0 aliphatic heterocycles. The first-order chi connectivity index (χ1) is 6.43. The van der Waals surface area contributed by atoms with Gasteiger partial charge in [-0.15, -0.1) is 0 Å². The number of carbonyl (C=O) groups is 1. The normalized spacial score (nSPS) is 17.9. The van der Waals surface area contributed by atoms with Gasteiger partial charge in [-0.3, -0.25) is 0 Å². The standard InChI is InChI=1S/C11H23NO2/c1-5-11(3,9-13)8-12(4)7-6-10(2)14/h9-10,14H,5-8H2,1-4H3. The van der Waals surface area contributed by atoms with Crippen molar-refractivity contribution in [1.82, 2.24) is 4.90 Å². The SMILES string of the molecule is CCC(C)(C=O)CN(C)CCC(C)O. The Morgan fingerprint density at radius 3 is 2.50 bits per heavy atom. The molecule has 0 amide bonds. The molecule has 0 fully saturated rings. The average Bonchev–Trinajstić information content (AvgIpc) is 2.14. The molecule has 0 radical (unpaired) electrons. The molecule has 14 heavy (non-hydrogen) atoms. The van der Waals surface area contributed by atoms with E-state index >= 15 is 0 Å². The van der Waals surface area contributed by atoms with Gasteiger partial charge in [0.25, 0.3) is 0 Å². The summed E-state index contributed by atoms with van der Waals surface area (Å²) in [5.41, 5.74) is -0.243. The van der Waals surface area contributed by atoms with E-state index in [0.29, 0.717) is 0 Å². The largest absolute Gasteiger partial charge is 0.393 e. The van der Waals surface area contributed by atoms with Crippen LogP contribution in [0.3, 0.4) is 0 Å². The lowest BCUT2D eigenvalue weighted by atomic mass is 9.89. The summed E-state index contributed by atoms with van der Waals surface area (Å²) in [7, 11) is 1.99. The molecule has 0 aromatic carbocycles. The van der Waals surface area contributed by atoms with Crippen LogP contribution < -0.4 is 0 Å². The Morgan fingerprint density at radius 2 is 2.14 bits per heavy atom. The van der Waals surface area contributed by atoms with Crippen molar-refractivity contribution in [2.75, 3.05) is 20.1 Å². The Morgan fingerprint density at radius 1 is 1.57 bits per heavy atom. The van der Waals surface area contributed by atoms with Crippen LogP contribution >= 0.6 is 0 Å². The zero-order valence-corrected chi connectivity index (χ0v) is 9.79. The van der Waals surface area contributed by atoms with Crippen molar-refractivity contribution in [2.45, 2.75) is 39.7 Å². The number of aliphatic hydroxyl groups excluding tert-OH is 1. The van der Waals surface area contributed by atoms with E-state index in [-0.39, 0.29) is 11.5 Å². The third-order valence-electron chi connectivity index (χ3n) is 2.65. The average molecular weight is 201 g/mol. The van der Waals surface area contributed by atoms with Crippen LogP contribution in [-0.2, 0) is 4.79 Å². The highest BCUT2D eigenvalue weighted by Crippen LogP contribution is 2.18. The molecule has 0 aromatic heterocycles. The van der Waals surface area contributed by atoms with E-state index in [4.69, 9.17) is 5.11 Å². The second kappa shape index (κ2) is 6.14. The first-order valence-electron chi connectivity index (χ1n) is 5.26. The van der Waals surface area contributed by atoms with Crippen molar-refractivity contribution in [1.29, 1.82) is 0 Å². The molecule has 0 aliphatic rings. The number of hydrogen-bond donors (Lipinski definition) is 1. The van der Waals surface area contributed by atoms with Crippen molar-refractivity contribution < 1.29 is 9.90 Å².